The van der Waals surface area contributed by atoms with Crippen LogP contribution in [0.3, 0.4) is 0 Å². The summed E-state index contributed by atoms with van der Waals surface area (Å²) in [7, 11) is 0. The van der Waals surface area contributed by atoms with E-state index < -0.39 is 6.10 Å². The zero-order chi connectivity index (χ0) is 11.5. The van der Waals surface area contributed by atoms with Crippen LogP contribution < -0.4 is 0 Å². The van der Waals surface area contributed by atoms with E-state index in [0.29, 0.717) is 11.4 Å². The van der Waals surface area contributed by atoms with Crippen molar-refractivity contribution in [2.45, 2.75) is 19.4 Å². The standard InChI is InChI=1S/C12H13ClN2O/c1-2-12(16)10-5-3-4-6-11(10)15-8-9(13)7-14-15/h3-8,12,16H,2H2,1H3/t12-/m0/s1. The van der Waals surface area contributed by atoms with Crippen molar-refractivity contribution in [3.05, 3.63) is 47.2 Å². The number of rotatable bonds is 3. The molecule has 84 valence electrons. The van der Waals surface area contributed by atoms with E-state index >= 15 is 0 Å². The van der Waals surface area contributed by atoms with Crippen LogP contribution in [0.15, 0.2) is 36.7 Å². The Morgan fingerprint density at radius 2 is 2.19 bits per heavy atom. The second-order valence-corrected chi connectivity index (χ2v) is 4.02. The Balaban J connectivity index is 2.48. The van der Waals surface area contributed by atoms with Crippen molar-refractivity contribution in [3.8, 4) is 5.69 Å². The summed E-state index contributed by atoms with van der Waals surface area (Å²) in [6.45, 7) is 1.94. The molecule has 1 atom stereocenters. The Bertz CT molecular complexity index is 481. The summed E-state index contributed by atoms with van der Waals surface area (Å²) in [6.07, 6.45) is 3.50. The Morgan fingerprint density at radius 1 is 1.44 bits per heavy atom. The van der Waals surface area contributed by atoms with Crippen LogP contribution in [0, 0.1) is 0 Å². The zero-order valence-corrected chi connectivity index (χ0v) is 9.72. The van der Waals surface area contributed by atoms with Crippen molar-refractivity contribution >= 4 is 11.6 Å². The van der Waals surface area contributed by atoms with Gasteiger partial charge in [0.1, 0.15) is 0 Å². The van der Waals surface area contributed by atoms with E-state index in [0.717, 1.165) is 11.3 Å². The molecule has 0 saturated heterocycles. The molecule has 0 aliphatic carbocycles. The van der Waals surface area contributed by atoms with Gasteiger partial charge in [-0.2, -0.15) is 5.10 Å². The van der Waals surface area contributed by atoms with Gasteiger partial charge in [0.05, 0.1) is 23.0 Å². The highest BCUT2D eigenvalue weighted by Crippen LogP contribution is 2.24. The number of hydrogen-bond donors (Lipinski definition) is 1. The normalized spacial score (nSPS) is 12.7. The maximum Gasteiger partial charge on any atom is 0.0808 e. The predicted octanol–water partition coefficient (Wildman–Crippen LogP) is 2.97. The van der Waals surface area contributed by atoms with Gasteiger partial charge >= 0.3 is 0 Å². The Kier molecular flexibility index (Phi) is 3.27. The number of halogens is 1. The minimum absolute atomic E-state index is 0.473. The van der Waals surface area contributed by atoms with Crippen LogP contribution >= 0.6 is 11.6 Å². The van der Waals surface area contributed by atoms with Gasteiger partial charge < -0.3 is 5.11 Å². The highest BCUT2D eigenvalue weighted by Gasteiger charge is 2.11. The molecule has 1 heterocycles. The third-order valence-corrected chi connectivity index (χ3v) is 2.68. The van der Waals surface area contributed by atoms with Crippen molar-refractivity contribution in [2.75, 3.05) is 0 Å². The molecule has 0 amide bonds. The molecular weight excluding hydrogens is 224 g/mol. The molecule has 1 aromatic heterocycles. The molecule has 0 aliphatic heterocycles. The van der Waals surface area contributed by atoms with E-state index in [9.17, 15) is 5.11 Å². The molecule has 1 aromatic carbocycles. The Morgan fingerprint density at radius 3 is 2.81 bits per heavy atom. The monoisotopic (exact) mass is 236 g/mol. The molecule has 2 rings (SSSR count). The molecule has 0 radical (unpaired) electrons. The lowest BCUT2D eigenvalue weighted by molar-refractivity contribution is 0.173. The molecule has 4 heteroatoms. The van der Waals surface area contributed by atoms with Gasteiger partial charge in [-0.3, -0.25) is 0 Å². The lowest BCUT2D eigenvalue weighted by atomic mass is 10.1. The summed E-state index contributed by atoms with van der Waals surface area (Å²) in [5.74, 6) is 0. The second-order valence-electron chi connectivity index (χ2n) is 3.59. The quantitative estimate of drug-likeness (QED) is 0.890. The molecule has 0 aliphatic rings. The predicted molar refractivity (Wildman–Crippen MR) is 63.8 cm³/mol. The molecule has 0 bridgehead atoms. The first-order valence-corrected chi connectivity index (χ1v) is 5.57. The first-order chi connectivity index (χ1) is 7.72. The number of aliphatic hydroxyl groups is 1. The fraction of sp³-hybridized carbons (Fsp3) is 0.250. The largest absolute Gasteiger partial charge is 0.388 e. The molecule has 0 spiro atoms. The Labute approximate surface area is 99.3 Å². The van der Waals surface area contributed by atoms with Crippen molar-refractivity contribution in [1.82, 2.24) is 9.78 Å². The maximum absolute atomic E-state index is 9.90. The first kappa shape index (κ1) is 11.2. The van der Waals surface area contributed by atoms with E-state index in [-0.39, 0.29) is 0 Å². The molecule has 2 aromatic rings. The van der Waals surface area contributed by atoms with Crippen molar-refractivity contribution in [1.29, 1.82) is 0 Å². The number of aliphatic hydroxyl groups excluding tert-OH is 1. The van der Waals surface area contributed by atoms with E-state index in [1.807, 2.05) is 31.2 Å². The van der Waals surface area contributed by atoms with Crippen LogP contribution in [0.25, 0.3) is 5.69 Å². The van der Waals surface area contributed by atoms with Crippen LogP contribution in [0.5, 0.6) is 0 Å². The maximum atomic E-state index is 9.90. The fourth-order valence-electron chi connectivity index (χ4n) is 1.63. The summed E-state index contributed by atoms with van der Waals surface area (Å²) >= 11 is 5.83. The van der Waals surface area contributed by atoms with Gasteiger partial charge in [0.25, 0.3) is 0 Å². The number of hydrogen-bond acceptors (Lipinski definition) is 2. The smallest absolute Gasteiger partial charge is 0.0808 e. The van der Waals surface area contributed by atoms with Gasteiger partial charge in [0.15, 0.2) is 0 Å². The van der Waals surface area contributed by atoms with Crippen LogP contribution in [0.4, 0.5) is 0 Å². The van der Waals surface area contributed by atoms with E-state index in [4.69, 9.17) is 11.6 Å². The number of aromatic nitrogens is 2. The zero-order valence-electron chi connectivity index (χ0n) is 8.97. The number of para-hydroxylation sites is 1. The lowest BCUT2D eigenvalue weighted by Crippen LogP contribution is -2.04. The van der Waals surface area contributed by atoms with Gasteiger partial charge in [-0.15, -0.1) is 0 Å². The molecule has 16 heavy (non-hydrogen) atoms. The fourth-order valence-corrected chi connectivity index (χ4v) is 1.77. The summed E-state index contributed by atoms with van der Waals surface area (Å²) in [6, 6.07) is 7.64. The highest BCUT2D eigenvalue weighted by atomic mass is 35.5. The first-order valence-electron chi connectivity index (χ1n) is 5.20. The average Bonchev–Trinajstić information content (AvgIpc) is 2.75. The topological polar surface area (TPSA) is 38.0 Å². The van der Waals surface area contributed by atoms with Gasteiger partial charge in [0.2, 0.25) is 0 Å². The summed E-state index contributed by atoms with van der Waals surface area (Å²) in [5.41, 5.74) is 1.73. The summed E-state index contributed by atoms with van der Waals surface area (Å²) in [5, 5.41) is 14.6. The van der Waals surface area contributed by atoms with Gasteiger partial charge in [-0.25, -0.2) is 4.68 Å². The van der Waals surface area contributed by atoms with Crippen LogP contribution in [0.1, 0.15) is 25.0 Å². The molecule has 0 unspecified atom stereocenters. The Hall–Kier alpha value is -1.32. The highest BCUT2D eigenvalue weighted by molar-refractivity contribution is 6.30. The third-order valence-electron chi connectivity index (χ3n) is 2.48. The lowest BCUT2D eigenvalue weighted by Gasteiger charge is -2.13. The average molecular weight is 237 g/mol. The summed E-state index contributed by atoms with van der Waals surface area (Å²) < 4.78 is 1.68. The number of benzene rings is 1. The number of nitrogens with zero attached hydrogens (tertiary/aromatic N) is 2. The molecule has 1 N–H and O–H groups in total. The van der Waals surface area contributed by atoms with E-state index in [1.165, 1.54) is 0 Å². The molecule has 3 nitrogen and oxygen atoms in total. The third kappa shape index (κ3) is 2.10. The van der Waals surface area contributed by atoms with Crippen LogP contribution in [0.2, 0.25) is 5.02 Å². The molecular formula is C12H13ClN2O. The van der Waals surface area contributed by atoms with Crippen LogP contribution in [-0.2, 0) is 0 Å². The second kappa shape index (κ2) is 4.68. The van der Waals surface area contributed by atoms with E-state index in [2.05, 4.69) is 5.10 Å². The van der Waals surface area contributed by atoms with Gasteiger partial charge in [-0.1, -0.05) is 36.7 Å². The van der Waals surface area contributed by atoms with E-state index in [1.54, 1.807) is 17.1 Å². The van der Waals surface area contributed by atoms with Gasteiger partial charge in [-0.05, 0) is 12.5 Å². The van der Waals surface area contributed by atoms with Crippen molar-refractivity contribution in [2.24, 2.45) is 0 Å². The molecule has 0 saturated carbocycles. The minimum atomic E-state index is -0.473. The summed E-state index contributed by atoms with van der Waals surface area (Å²) in [4.78, 5) is 0. The van der Waals surface area contributed by atoms with Gasteiger partial charge in [0, 0.05) is 11.8 Å². The minimum Gasteiger partial charge on any atom is -0.388 e. The SMILES string of the molecule is CC[C@H](O)c1ccccc1-n1cc(Cl)cn1. The van der Waals surface area contributed by atoms with Crippen LogP contribution in [-0.4, -0.2) is 14.9 Å². The molecule has 0 fully saturated rings. The van der Waals surface area contributed by atoms with Crippen molar-refractivity contribution in [3.63, 3.8) is 0 Å². The van der Waals surface area contributed by atoms with Crippen molar-refractivity contribution < 1.29 is 5.11 Å².